The molecule has 2 rings (SSSR count). The highest BCUT2D eigenvalue weighted by atomic mass is 35.5. The lowest BCUT2D eigenvalue weighted by Gasteiger charge is -2.17. The summed E-state index contributed by atoms with van der Waals surface area (Å²) in [6.07, 6.45) is 0.843. The van der Waals surface area contributed by atoms with Gasteiger partial charge in [0.25, 0.3) is 5.91 Å². The van der Waals surface area contributed by atoms with E-state index in [-0.39, 0.29) is 29.9 Å². The molecule has 1 aromatic carbocycles. The maximum absolute atomic E-state index is 12.2. The van der Waals surface area contributed by atoms with E-state index in [4.69, 9.17) is 5.11 Å². The van der Waals surface area contributed by atoms with Crippen molar-refractivity contribution < 1.29 is 14.7 Å². The lowest BCUT2D eigenvalue weighted by molar-refractivity contribution is -0.138. The van der Waals surface area contributed by atoms with E-state index >= 15 is 0 Å². The molecule has 0 saturated heterocycles. The fraction of sp³-hybridized carbons (Fsp3) is 0.412. The molecule has 2 aromatic rings. The van der Waals surface area contributed by atoms with Crippen LogP contribution in [0, 0.1) is 6.92 Å². The van der Waals surface area contributed by atoms with Crippen LogP contribution in [-0.2, 0) is 17.9 Å². The third-order valence-corrected chi connectivity index (χ3v) is 4.40. The Kier molecular flexibility index (Phi) is 9.18. The largest absolute Gasteiger partial charge is 0.480 e. The number of carboxylic acids is 1. The molecule has 0 atom stereocenters. The van der Waals surface area contributed by atoms with Crippen LogP contribution in [0.25, 0.3) is 0 Å². The first-order valence-electron chi connectivity index (χ1n) is 8.08. The van der Waals surface area contributed by atoms with Crippen LogP contribution in [0.15, 0.2) is 24.3 Å². The molecule has 1 amide bonds. The molecule has 9 heteroatoms. The number of carbonyl (C=O) groups excluding carboxylic acids is 1. The zero-order valence-electron chi connectivity index (χ0n) is 14.8. The van der Waals surface area contributed by atoms with E-state index in [2.05, 4.69) is 15.5 Å². The molecule has 7 nitrogen and oxygen atoms in total. The minimum atomic E-state index is -0.881. The predicted molar refractivity (Wildman–Crippen MR) is 103 cm³/mol. The maximum atomic E-state index is 12.2. The second-order valence-electron chi connectivity index (χ2n) is 5.77. The number of hydrogen-bond acceptors (Lipinski definition) is 6. The third-order valence-electron chi connectivity index (χ3n) is 3.49. The molecule has 142 valence electrons. The minimum Gasteiger partial charge on any atom is -0.480 e. The van der Waals surface area contributed by atoms with Gasteiger partial charge in [0, 0.05) is 6.54 Å². The molecule has 0 fully saturated rings. The van der Waals surface area contributed by atoms with Crippen molar-refractivity contribution in [3.8, 4) is 0 Å². The van der Waals surface area contributed by atoms with Crippen LogP contribution in [-0.4, -0.2) is 45.2 Å². The zero-order chi connectivity index (χ0) is 18.2. The number of aliphatic carboxylic acids is 1. The van der Waals surface area contributed by atoms with Gasteiger partial charge < -0.3 is 10.4 Å². The number of nitrogens with one attached hydrogen (secondary N) is 1. The molecule has 0 unspecified atom stereocenters. The Hall–Kier alpha value is -2.03. The van der Waals surface area contributed by atoms with Crippen molar-refractivity contribution in [2.24, 2.45) is 0 Å². The number of nitrogens with zero attached hydrogens (tertiary/aromatic N) is 3. The summed E-state index contributed by atoms with van der Waals surface area (Å²) in [5.41, 5.74) is 2.18. The molecule has 1 heterocycles. The molecular weight excluding hydrogens is 376 g/mol. The fourth-order valence-corrected chi connectivity index (χ4v) is 3.08. The molecule has 0 aliphatic rings. The number of halogens is 1. The zero-order valence-corrected chi connectivity index (χ0v) is 16.4. The first-order chi connectivity index (χ1) is 12.0. The van der Waals surface area contributed by atoms with Crippen molar-refractivity contribution in [2.75, 3.05) is 13.1 Å². The topological polar surface area (TPSA) is 95.4 Å². The van der Waals surface area contributed by atoms with E-state index in [9.17, 15) is 9.59 Å². The van der Waals surface area contributed by atoms with E-state index in [1.165, 1.54) is 16.9 Å². The average Bonchev–Trinajstić information content (AvgIpc) is 3.02. The Morgan fingerprint density at radius 1 is 1.23 bits per heavy atom. The SMILES string of the molecule is CCCN(CC(=O)O)Cc1nnc(C(=O)NCc2ccc(C)cc2)s1.Cl. The quantitative estimate of drug-likeness (QED) is 0.673. The van der Waals surface area contributed by atoms with Crippen LogP contribution >= 0.6 is 23.7 Å². The predicted octanol–water partition coefficient (Wildman–Crippen LogP) is 2.49. The minimum absolute atomic E-state index is 0. The summed E-state index contributed by atoms with van der Waals surface area (Å²) in [5.74, 6) is -1.15. The van der Waals surface area contributed by atoms with E-state index in [1.807, 2.05) is 38.1 Å². The Balaban J connectivity index is 0.00000338. The van der Waals surface area contributed by atoms with Crippen LogP contribution in [0.4, 0.5) is 0 Å². The number of hydrogen-bond donors (Lipinski definition) is 2. The maximum Gasteiger partial charge on any atom is 0.317 e. The highest BCUT2D eigenvalue weighted by Gasteiger charge is 2.16. The molecule has 0 aliphatic carbocycles. The van der Waals surface area contributed by atoms with Gasteiger partial charge in [0.2, 0.25) is 5.01 Å². The molecule has 0 aliphatic heterocycles. The highest BCUT2D eigenvalue weighted by Crippen LogP contribution is 2.13. The third kappa shape index (κ3) is 7.07. The van der Waals surface area contributed by atoms with Gasteiger partial charge in [-0.05, 0) is 25.5 Å². The summed E-state index contributed by atoms with van der Waals surface area (Å²) < 4.78 is 0. The summed E-state index contributed by atoms with van der Waals surface area (Å²) >= 11 is 1.19. The first-order valence-corrected chi connectivity index (χ1v) is 8.90. The van der Waals surface area contributed by atoms with Gasteiger partial charge in [-0.25, -0.2) is 0 Å². The summed E-state index contributed by atoms with van der Waals surface area (Å²) in [6, 6.07) is 7.93. The number of amides is 1. The molecule has 0 radical (unpaired) electrons. The molecule has 0 spiro atoms. The summed E-state index contributed by atoms with van der Waals surface area (Å²) in [6.45, 7) is 5.40. The second-order valence-corrected chi connectivity index (χ2v) is 6.84. The second kappa shape index (κ2) is 10.8. The van der Waals surface area contributed by atoms with Crippen LogP contribution in [0.3, 0.4) is 0 Å². The van der Waals surface area contributed by atoms with E-state index in [0.717, 1.165) is 12.0 Å². The molecule has 1 aromatic heterocycles. The standard InChI is InChI=1S/C17H22N4O3S.ClH/c1-3-8-21(11-15(22)23)10-14-19-20-17(25-14)16(24)18-9-13-6-4-12(2)5-7-13;/h4-7H,3,8-11H2,1-2H3,(H,18,24)(H,22,23);1H. The van der Waals surface area contributed by atoms with Gasteiger partial charge in [-0.15, -0.1) is 22.6 Å². The van der Waals surface area contributed by atoms with E-state index < -0.39 is 5.97 Å². The smallest absolute Gasteiger partial charge is 0.317 e. The summed E-state index contributed by atoms with van der Waals surface area (Å²) in [5, 5.41) is 20.6. The number of rotatable bonds is 9. The monoisotopic (exact) mass is 398 g/mol. The highest BCUT2D eigenvalue weighted by molar-refractivity contribution is 7.13. The Bertz CT molecular complexity index is 721. The van der Waals surface area contributed by atoms with Crippen molar-refractivity contribution in [1.82, 2.24) is 20.4 Å². The Labute approximate surface area is 162 Å². The van der Waals surface area contributed by atoms with Gasteiger partial charge in [0.05, 0.1) is 13.1 Å². The molecule has 2 N–H and O–H groups in total. The van der Waals surface area contributed by atoms with Gasteiger partial charge in [-0.3, -0.25) is 14.5 Å². The van der Waals surface area contributed by atoms with Crippen molar-refractivity contribution in [1.29, 1.82) is 0 Å². The van der Waals surface area contributed by atoms with Gasteiger partial charge in [0.1, 0.15) is 5.01 Å². The van der Waals surface area contributed by atoms with Crippen LogP contribution in [0.1, 0.15) is 39.3 Å². The van der Waals surface area contributed by atoms with E-state index in [0.29, 0.717) is 24.6 Å². The number of carbonyl (C=O) groups is 2. The number of aryl methyl sites for hydroxylation is 1. The van der Waals surface area contributed by atoms with Crippen molar-refractivity contribution >= 4 is 35.6 Å². The lowest BCUT2D eigenvalue weighted by atomic mass is 10.1. The van der Waals surface area contributed by atoms with Crippen LogP contribution < -0.4 is 5.32 Å². The van der Waals surface area contributed by atoms with Gasteiger partial charge in [-0.1, -0.05) is 48.1 Å². The van der Waals surface area contributed by atoms with Crippen LogP contribution in [0.5, 0.6) is 0 Å². The fourth-order valence-electron chi connectivity index (χ4n) is 2.29. The first kappa shape index (κ1) is 22.0. The molecule has 0 saturated carbocycles. The Morgan fingerprint density at radius 2 is 1.92 bits per heavy atom. The summed E-state index contributed by atoms with van der Waals surface area (Å²) in [7, 11) is 0. The van der Waals surface area contributed by atoms with Gasteiger partial charge in [-0.2, -0.15) is 0 Å². The number of benzene rings is 1. The average molecular weight is 399 g/mol. The number of aromatic nitrogens is 2. The molecular formula is C17H23ClN4O3S. The van der Waals surface area contributed by atoms with E-state index in [1.54, 1.807) is 4.90 Å². The lowest BCUT2D eigenvalue weighted by Crippen LogP contribution is -2.30. The molecule has 0 bridgehead atoms. The normalized spacial score (nSPS) is 10.4. The van der Waals surface area contributed by atoms with Crippen LogP contribution in [0.2, 0.25) is 0 Å². The Morgan fingerprint density at radius 3 is 2.54 bits per heavy atom. The van der Waals surface area contributed by atoms with Gasteiger partial charge in [0.15, 0.2) is 0 Å². The number of carboxylic acid groups (broad SMARTS) is 1. The van der Waals surface area contributed by atoms with Crippen molar-refractivity contribution in [3.63, 3.8) is 0 Å². The van der Waals surface area contributed by atoms with Gasteiger partial charge >= 0.3 is 5.97 Å². The van der Waals surface area contributed by atoms with Crippen molar-refractivity contribution in [3.05, 3.63) is 45.4 Å². The van der Waals surface area contributed by atoms with Crippen molar-refractivity contribution in [2.45, 2.75) is 33.4 Å². The summed E-state index contributed by atoms with van der Waals surface area (Å²) in [4.78, 5) is 24.8. The molecule has 26 heavy (non-hydrogen) atoms.